The zero-order chi connectivity index (χ0) is 55.3. The molecular weight excluding hydrogens is 853 g/mol. The molecule has 0 aliphatic carbocycles. The molecule has 3 aromatic heterocycles. The minimum Gasteiger partial charge on any atom is -0.458 e. The van der Waals surface area contributed by atoms with Gasteiger partial charge in [-0.05, 0) is 134 Å². The van der Waals surface area contributed by atoms with E-state index in [-0.39, 0.29) is 28.5 Å². The van der Waals surface area contributed by atoms with Crippen LogP contribution < -0.4 is 9.30 Å². The Morgan fingerprint density at radius 1 is 0.629 bits per heavy atom. The smallest absolute Gasteiger partial charge is 0.269 e. The van der Waals surface area contributed by atoms with Crippen LogP contribution >= 0.6 is 0 Å². The van der Waals surface area contributed by atoms with E-state index in [0.29, 0.717) is 40.0 Å². The van der Waals surface area contributed by atoms with Crippen LogP contribution in [0.4, 0.5) is 0 Å². The summed E-state index contributed by atoms with van der Waals surface area (Å²) >= 11 is 0. The average molecular weight is 926 g/mol. The van der Waals surface area contributed by atoms with Gasteiger partial charge in [0.25, 0.3) is 6.33 Å². The van der Waals surface area contributed by atoms with E-state index in [1.807, 2.05) is 115 Å². The van der Waals surface area contributed by atoms with Crippen molar-refractivity contribution in [2.45, 2.75) is 99.8 Å². The molecule has 0 saturated carbocycles. The second-order valence-corrected chi connectivity index (χ2v) is 22.1. The second kappa shape index (κ2) is 17.9. The van der Waals surface area contributed by atoms with Gasteiger partial charge in [0.1, 0.15) is 17.3 Å². The normalized spacial score (nSPS) is 14.1. The van der Waals surface area contributed by atoms with Crippen LogP contribution in [-0.2, 0) is 23.6 Å². The molecule has 0 N–H and O–H groups in total. The summed E-state index contributed by atoms with van der Waals surface area (Å²) in [7, 11) is 0. The van der Waals surface area contributed by atoms with Gasteiger partial charge in [-0.1, -0.05) is 179 Å². The number of nitrogens with zero attached hydrogens (tertiary/aromatic N) is 4. The number of benzene rings is 7. The number of para-hydroxylation sites is 3. The molecule has 0 aliphatic rings. The predicted octanol–water partition coefficient (Wildman–Crippen LogP) is 16.7. The van der Waals surface area contributed by atoms with Crippen molar-refractivity contribution in [3.8, 4) is 50.9 Å². The first-order valence-electron chi connectivity index (χ1n) is 27.9. The Kier molecular flexibility index (Phi) is 9.89. The van der Waals surface area contributed by atoms with E-state index >= 15 is 0 Å². The van der Waals surface area contributed by atoms with Gasteiger partial charge in [-0.3, -0.25) is 13.7 Å². The van der Waals surface area contributed by atoms with E-state index in [1.54, 1.807) is 12.3 Å². The molecular formula is C65H66N4O. The van der Waals surface area contributed by atoms with Crippen LogP contribution in [0.25, 0.3) is 72.3 Å². The summed E-state index contributed by atoms with van der Waals surface area (Å²) in [4.78, 5) is 4.85. The summed E-state index contributed by atoms with van der Waals surface area (Å²) in [6.07, 6.45) is 4.70. The van der Waals surface area contributed by atoms with Crippen LogP contribution in [0, 0.1) is 17.7 Å². The van der Waals surface area contributed by atoms with Crippen LogP contribution in [0.2, 0.25) is 0 Å². The minimum absolute atomic E-state index is 0.102. The molecule has 7 aromatic carbocycles. The Bertz CT molecular complexity index is 3900. The van der Waals surface area contributed by atoms with Gasteiger partial charge in [0.2, 0.25) is 0 Å². The third-order valence-corrected chi connectivity index (χ3v) is 12.8. The third kappa shape index (κ3) is 9.30. The van der Waals surface area contributed by atoms with E-state index in [0.717, 1.165) is 67.2 Å². The second-order valence-electron chi connectivity index (χ2n) is 22.1. The Hall–Kier alpha value is -7.24. The predicted molar refractivity (Wildman–Crippen MR) is 292 cm³/mol. The highest BCUT2D eigenvalue weighted by atomic mass is 16.5. The van der Waals surface area contributed by atoms with Gasteiger partial charge in [0, 0.05) is 25.8 Å². The van der Waals surface area contributed by atoms with Gasteiger partial charge in [0.05, 0.1) is 40.3 Å². The molecule has 0 saturated heterocycles. The first-order valence-corrected chi connectivity index (χ1v) is 24.4. The number of rotatable bonds is 10. The lowest BCUT2D eigenvalue weighted by atomic mass is 9.78. The average Bonchev–Trinajstić information content (AvgIpc) is 3.95. The van der Waals surface area contributed by atoms with E-state index < -0.39 is 29.9 Å². The molecule has 5 nitrogen and oxygen atoms in total. The summed E-state index contributed by atoms with van der Waals surface area (Å²) in [6.45, 7) is 23.4. The van der Waals surface area contributed by atoms with Crippen molar-refractivity contribution >= 4 is 32.8 Å². The molecule has 0 aliphatic heterocycles. The van der Waals surface area contributed by atoms with Gasteiger partial charge in [0.15, 0.2) is 0 Å². The van der Waals surface area contributed by atoms with Crippen LogP contribution in [-0.4, -0.2) is 14.1 Å². The number of ether oxygens (including phenoxy) is 1. The number of aromatic nitrogens is 4. The van der Waals surface area contributed by atoms with E-state index in [9.17, 15) is 2.74 Å². The lowest BCUT2D eigenvalue weighted by molar-refractivity contribution is -0.571. The third-order valence-electron chi connectivity index (χ3n) is 12.8. The fourth-order valence-electron chi connectivity index (χ4n) is 9.50. The number of hydrogen-bond acceptors (Lipinski definition) is 2. The maximum atomic E-state index is 9.24. The highest BCUT2D eigenvalue weighted by molar-refractivity contribution is 6.09. The number of hydrogen-bond donors (Lipinski definition) is 0. The quantitative estimate of drug-likeness (QED) is 0.101. The standard InChI is InChI=1S/C65H66N4O/c1-43(2)33-44-27-30-57-56(34-44)55-29-28-52(40-60(55)69(57)61-35-45(31-32-66-61)41-63(3,4)5)70-51-22-17-21-50(39-51)67-42-68(59-26-16-15-25-58(59)67)62-53(46-19-13-12-14-20-46)23-18-24-54(62)47-36-48(64(6,7)8)38-49(37-47)65(9,10)11/h12-32,34-40,43H,33,41H2,1-11H3/i12D,13D,14D,19D,20D,41D2. The van der Waals surface area contributed by atoms with Crippen molar-refractivity contribution < 1.29 is 18.9 Å². The van der Waals surface area contributed by atoms with Crippen LogP contribution in [0.15, 0.2) is 170 Å². The lowest BCUT2D eigenvalue weighted by Crippen LogP contribution is -2.31. The SMILES string of the molecule is [2H]c1c([2H])c([2H])c(-c2cccc(-c3cc(C(C)(C)C)cc(C(C)(C)C)c3)c2-[n+]2[c-]n(-c3cccc(Oc4ccc5c6cc(CC(C)C)ccc6n(-c6cc(C([2H])([2H])C(C)(C)C)ccn6)c5c4)c3)c3ccccc32)c([2H])c1[2H]. The fourth-order valence-corrected chi connectivity index (χ4v) is 9.50. The highest BCUT2D eigenvalue weighted by Crippen LogP contribution is 2.40. The van der Waals surface area contributed by atoms with Crippen molar-refractivity contribution in [1.82, 2.24) is 14.1 Å². The molecule has 0 unspecified atom stereocenters. The summed E-state index contributed by atoms with van der Waals surface area (Å²) in [5.74, 6) is 2.27. The monoisotopic (exact) mass is 926 g/mol. The Morgan fingerprint density at radius 2 is 1.33 bits per heavy atom. The van der Waals surface area contributed by atoms with Crippen molar-refractivity contribution in [2.24, 2.45) is 11.3 Å². The van der Waals surface area contributed by atoms with Gasteiger partial charge < -0.3 is 4.74 Å². The van der Waals surface area contributed by atoms with Crippen molar-refractivity contribution in [3.05, 3.63) is 198 Å². The molecule has 0 atom stereocenters. The van der Waals surface area contributed by atoms with Crippen molar-refractivity contribution in [3.63, 3.8) is 0 Å². The molecule has 0 spiro atoms. The Labute approximate surface area is 424 Å². The maximum Gasteiger partial charge on any atom is 0.269 e. The molecule has 0 fully saturated rings. The first kappa shape index (κ1) is 38.6. The van der Waals surface area contributed by atoms with Gasteiger partial charge >= 0.3 is 0 Å². The maximum absolute atomic E-state index is 9.24. The van der Waals surface area contributed by atoms with Crippen LogP contribution in [0.5, 0.6) is 11.5 Å². The van der Waals surface area contributed by atoms with Crippen molar-refractivity contribution in [1.29, 1.82) is 0 Å². The largest absolute Gasteiger partial charge is 0.458 e. The van der Waals surface area contributed by atoms with Crippen LogP contribution in [0.1, 0.15) is 108 Å². The zero-order valence-corrected chi connectivity index (χ0v) is 42.3. The van der Waals surface area contributed by atoms with Crippen molar-refractivity contribution in [2.75, 3.05) is 0 Å². The number of pyridine rings is 1. The number of imidazole rings is 1. The fraction of sp³-hybridized carbons (Fsp3) is 0.262. The summed E-state index contributed by atoms with van der Waals surface area (Å²) < 4.78 is 75.6. The molecule has 10 rings (SSSR count). The first-order chi connectivity index (χ1) is 36.2. The molecule has 352 valence electrons. The number of fused-ring (bicyclic) bond motifs is 4. The summed E-state index contributed by atoms with van der Waals surface area (Å²) in [6, 6.07) is 42.8. The molecule has 0 radical (unpaired) electrons. The molecule has 3 heterocycles. The Balaban J connectivity index is 1.14. The summed E-state index contributed by atoms with van der Waals surface area (Å²) in [5.41, 5.74) is 10.2. The molecule has 10 aromatic rings. The lowest BCUT2D eigenvalue weighted by Gasteiger charge is -2.27. The van der Waals surface area contributed by atoms with Gasteiger partial charge in [-0.2, -0.15) is 0 Å². The minimum atomic E-state index is -1.63. The summed E-state index contributed by atoms with van der Waals surface area (Å²) in [5, 5.41) is 2.10. The Morgan fingerprint density at radius 3 is 2.04 bits per heavy atom. The topological polar surface area (TPSA) is 35.9 Å². The zero-order valence-electron chi connectivity index (χ0n) is 49.3. The highest BCUT2D eigenvalue weighted by Gasteiger charge is 2.25. The molecule has 70 heavy (non-hydrogen) atoms. The molecule has 0 bridgehead atoms. The van der Waals surface area contributed by atoms with E-state index in [1.165, 1.54) is 5.56 Å². The van der Waals surface area contributed by atoms with E-state index in [2.05, 4.69) is 109 Å². The van der Waals surface area contributed by atoms with Gasteiger partial charge in [-0.15, -0.1) is 0 Å². The van der Waals surface area contributed by atoms with Gasteiger partial charge in [-0.25, -0.2) is 4.98 Å². The molecule has 0 amide bonds. The van der Waals surface area contributed by atoms with E-state index in [4.69, 9.17) is 16.6 Å². The van der Waals surface area contributed by atoms with Crippen LogP contribution in [0.3, 0.4) is 0 Å². The molecule has 5 heteroatoms.